The summed E-state index contributed by atoms with van der Waals surface area (Å²) in [6, 6.07) is 0. The number of hydrogen-bond donors (Lipinski definition) is 8. The maximum atomic E-state index is 17.2. The van der Waals surface area contributed by atoms with Gasteiger partial charge >= 0.3 is 12.1 Å². The number of halogens is 1. The van der Waals surface area contributed by atoms with Crippen LogP contribution in [0.5, 0.6) is 0 Å². The first kappa shape index (κ1) is 35.9. The summed E-state index contributed by atoms with van der Waals surface area (Å²) < 4.78 is 26.8. The topological polar surface area (TPSA) is 265 Å². The molecule has 0 radical (unpaired) electrons. The number of carbonyl (C=O) groups excluding carboxylic acids is 4. The van der Waals surface area contributed by atoms with E-state index in [1.807, 2.05) is 5.32 Å². The van der Waals surface area contributed by atoms with Gasteiger partial charge in [-0.25, -0.2) is 18.9 Å². The number of alkyl halides is 1. The van der Waals surface area contributed by atoms with Gasteiger partial charge in [0.2, 0.25) is 5.78 Å². The second kappa shape index (κ2) is 13.3. The third-order valence-electron chi connectivity index (χ3n) is 10.0. The number of alkyl carbamates (subject to hydrolysis) is 1. The fourth-order valence-electron chi connectivity index (χ4n) is 7.79. The lowest BCUT2D eigenvalue weighted by Crippen LogP contribution is -2.69. The number of allylic oxidation sites excluding steroid dienone is 4. The molecule has 0 aromatic carbocycles. The molecule has 0 aromatic rings. The van der Waals surface area contributed by atoms with Gasteiger partial charge in [-0.3, -0.25) is 35.2 Å². The van der Waals surface area contributed by atoms with E-state index in [9.17, 15) is 34.5 Å². The second-order valence-electron chi connectivity index (χ2n) is 12.3. The summed E-state index contributed by atoms with van der Waals surface area (Å²) in [5.41, 5.74) is -7.09. The Balaban J connectivity index is 1.36. The van der Waals surface area contributed by atoms with Gasteiger partial charge in [0.15, 0.2) is 23.7 Å². The average molecular weight is 664 g/mol. The average Bonchev–Trinajstić information content (AvgIpc) is 3.18. The lowest BCUT2D eigenvalue weighted by Gasteiger charge is -2.62. The van der Waals surface area contributed by atoms with E-state index >= 15 is 4.39 Å². The molecule has 8 N–H and O–H groups in total. The maximum Gasteiger partial charge on any atom is 0.408 e. The number of aliphatic hydroxyl groups excluding tert-OH is 2. The molecule has 3 fully saturated rings. The molecule has 0 bridgehead atoms. The molecule has 46 heavy (non-hydrogen) atoms. The normalized spacial score (nSPS) is 37.2. The minimum absolute atomic E-state index is 0.174. The number of rotatable bonds is 12. The van der Waals surface area contributed by atoms with Crippen LogP contribution < -0.4 is 5.32 Å². The van der Waals surface area contributed by atoms with E-state index in [0.29, 0.717) is 12.0 Å². The quantitative estimate of drug-likeness (QED) is 0.0946. The molecule has 4 rings (SSSR count). The third kappa shape index (κ3) is 6.20. The number of ketones is 2. The number of carbonyl (C=O) groups is 4. The number of Topliss-reactive ketones (excluding diaryl/α,β-unsaturated/α-hetero) is 1. The van der Waals surface area contributed by atoms with Crippen LogP contribution >= 0.6 is 0 Å². The number of nitrogens with one attached hydrogen (secondary N) is 1. The van der Waals surface area contributed by atoms with Crippen LogP contribution in [0.15, 0.2) is 23.8 Å². The van der Waals surface area contributed by atoms with Gasteiger partial charge in [-0.05, 0) is 50.7 Å². The van der Waals surface area contributed by atoms with Gasteiger partial charge in [0.05, 0.1) is 23.0 Å². The Morgan fingerprint density at radius 3 is 2.41 bits per heavy atom. The molecule has 4 aliphatic rings. The SMILES string of the molecule is C[C@]12C=CC(=O)C=C1CC[C@H]1[C@@H]3C[C@@H](O)[C@](O)(C(=O)COC(=O)NCC(=O)OCC(CON(O)O)ON(O)O)[C@@]3(C)C[C@H](O)[C@@]12F. The summed E-state index contributed by atoms with van der Waals surface area (Å²) in [7, 11) is 0. The van der Waals surface area contributed by atoms with E-state index in [1.54, 1.807) is 6.92 Å². The maximum absolute atomic E-state index is 17.2. The number of nitrogens with zero attached hydrogens (tertiary/aromatic N) is 2. The highest BCUT2D eigenvalue weighted by molar-refractivity contribution is 6.01. The summed E-state index contributed by atoms with van der Waals surface area (Å²) >= 11 is 0. The number of amides is 1. The van der Waals surface area contributed by atoms with Gasteiger partial charge in [-0.1, -0.05) is 18.6 Å². The van der Waals surface area contributed by atoms with Crippen LogP contribution in [0.3, 0.4) is 0 Å². The summed E-state index contributed by atoms with van der Waals surface area (Å²) in [5.74, 6) is -4.16. The molecule has 0 saturated heterocycles. The zero-order chi connectivity index (χ0) is 34.2. The van der Waals surface area contributed by atoms with Gasteiger partial charge < -0.3 is 30.1 Å². The van der Waals surface area contributed by atoms with E-state index in [-0.39, 0.29) is 18.6 Å². The van der Waals surface area contributed by atoms with Crippen molar-refractivity contribution in [1.29, 1.82) is 0 Å². The Labute approximate surface area is 260 Å². The Bertz CT molecular complexity index is 1280. The first-order valence-electron chi connectivity index (χ1n) is 14.4. The van der Waals surface area contributed by atoms with Gasteiger partial charge in [0.25, 0.3) is 0 Å². The smallest absolute Gasteiger partial charge is 0.408 e. The van der Waals surface area contributed by atoms with Crippen LogP contribution in [-0.4, -0.2) is 127 Å². The monoisotopic (exact) mass is 663 g/mol. The minimum atomic E-state index is -2.53. The summed E-state index contributed by atoms with van der Waals surface area (Å²) in [6.45, 7) is -0.243. The summed E-state index contributed by atoms with van der Waals surface area (Å²) in [5, 5.41) is 69.2. The second-order valence-corrected chi connectivity index (χ2v) is 12.3. The van der Waals surface area contributed by atoms with Gasteiger partial charge in [0, 0.05) is 16.7 Å². The molecule has 18 nitrogen and oxygen atoms in total. The van der Waals surface area contributed by atoms with Crippen molar-refractivity contribution in [3.05, 3.63) is 23.8 Å². The number of hydrogen-bond acceptors (Lipinski definition) is 17. The van der Waals surface area contributed by atoms with E-state index in [2.05, 4.69) is 9.68 Å². The van der Waals surface area contributed by atoms with Crippen LogP contribution in [0, 0.1) is 22.7 Å². The predicted molar refractivity (Wildman–Crippen MR) is 142 cm³/mol. The van der Waals surface area contributed by atoms with Crippen LogP contribution in [0.4, 0.5) is 9.18 Å². The lowest BCUT2D eigenvalue weighted by atomic mass is 9.44. The molecule has 0 aliphatic heterocycles. The van der Waals surface area contributed by atoms with Crippen molar-refractivity contribution in [3.8, 4) is 0 Å². The highest BCUT2D eigenvalue weighted by atomic mass is 19.1. The molecular weight excluding hydrogens is 625 g/mol. The Kier molecular flexibility index (Phi) is 10.4. The fraction of sp³-hybridized carbons (Fsp3) is 0.704. The highest BCUT2D eigenvalue weighted by Gasteiger charge is 2.76. The Morgan fingerprint density at radius 2 is 1.76 bits per heavy atom. The molecule has 19 heteroatoms. The van der Waals surface area contributed by atoms with Crippen LogP contribution in [0.1, 0.15) is 39.5 Å². The van der Waals surface area contributed by atoms with Gasteiger partial charge in [-0.15, -0.1) is 0 Å². The zero-order valence-electron chi connectivity index (χ0n) is 24.9. The number of ether oxygens (including phenoxy) is 2. The molecule has 0 spiro atoms. The van der Waals surface area contributed by atoms with Crippen molar-refractivity contribution in [3.63, 3.8) is 0 Å². The van der Waals surface area contributed by atoms with E-state index in [1.165, 1.54) is 25.2 Å². The Morgan fingerprint density at radius 1 is 1.07 bits per heavy atom. The van der Waals surface area contributed by atoms with Gasteiger partial charge in [0.1, 0.15) is 25.9 Å². The molecule has 0 heterocycles. The van der Waals surface area contributed by atoms with Crippen molar-refractivity contribution in [2.24, 2.45) is 22.7 Å². The number of aliphatic hydroxyl groups is 3. The highest BCUT2D eigenvalue weighted by Crippen LogP contribution is 2.69. The number of fused-ring (bicyclic) bond motifs is 5. The summed E-state index contributed by atoms with van der Waals surface area (Å²) in [6.07, 6.45) is -2.10. The molecule has 1 amide bonds. The van der Waals surface area contributed by atoms with Crippen molar-refractivity contribution >= 4 is 23.6 Å². The van der Waals surface area contributed by atoms with Crippen LogP contribution in [0.25, 0.3) is 0 Å². The third-order valence-corrected chi connectivity index (χ3v) is 10.0. The predicted octanol–water partition coefficient (Wildman–Crippen LogP) is -0.710. The molecule has 3 saturated carbocycles. The van der Waals surface area contributed by atoms with E-state index in [4.69, 9.17) is 30.3 Å². The number of esters is 1. The molecule has 0 aromatic heterocycles. The van der Waals surface area contributed by atoms with Crippen molar-refractivity contribution in [2.75, 3.05) is 26.4 Å². The first-order chi connectivity index (χ1) is 21.4. The molecular formula is C27H38FN3O15. The first-order valence-corrected chi connectivity index (χ1v) is 14.4. The van der Waals surface area contributed by atoms with Crippen molar-refractivity contribution in [2.45, 2.75) is 69.1 Å². The van der Waals surface area contributed by atoms with E-state index in [0.717, 1.165) is 0 Å². The lowest BCUT2D eigenvalue weighted by molar-refractivity contribution is -0.527. The fourth-order valence-corrected chi connectivity index (χ4v) is 7.79. The van der Waals surface area contributed by atoms with Crippen molar-refractivity contribution in [1.82, 2.24) is 16.1 Å². The molecule has 4 aliphatic carbocycles. The standard InChI is InChI=1S/C27H38FN3O15/c1-24-6-5-15(32)7-14(24)3-4-17-18-8-19(33)27(38,25(18,2)9-20(34)26(17,24)28)21(35)13-44-23(37)29-10-22(36)43-11-16(46-31(41)42)12-45-30(39)40/h5-7,16-20,33-34,38-42H,3-4,8-13H2,1-2H3,(H,29,37)/t16?,17-,18-,19+,20-,24-,25-,26-,27-/m0/s1. The largest absolute Gasteiger partial charge is 0.461 e. The van der Waals surface area contributed by atoms with Crippen LogP contribution in [0.2, 0.25) is 0 Å². The van der Waals surface area contributed by atoms with E-state index < -0.39 is 114 Å². The van der Waals surface area contributed by atoms with Crippen molar-refractivity contribution < 1.29 is 78.9 Å². The Hall–Kier alpha value is -2.95. The molecule has 258 valence electrons. The van der Waals surface area contributed by atoms with Gasteiger partial charge in [-0.2, -0.15) is 0 Å². The van der Waals surface area contributed by atoms with Crippen LogP contribution in [-0.2, 0) is 33.5 Å². The summed E-state index contributed by atoms with van der Waals surface area (Å²) in [4.78, 5) is 58.1. The molecule has 1 unspecified atom stereocenters. The zero-order valence-corrected chi connectivity index (χ0v) is 24.9. The molecule has 9 atom stereocenters. The minimum Gasteiger partial charge on any atom is -0.461 e.